The molecule has 0 saturated carbocycles. The fourth-order valence-corrected chi connectivity index (χ4v) is 6.53. The van der Waals surface area contributed by atoms with Crippen LogP contribution in [0.3, 0.4) is 0 Å². The molecule has 7 heteroatoms. The van der Waals surface area contributed by atoms with Gasteiger partial charge in [0.1, 0.15) is 29.7 Å². The molecule has 0 fully saturated rings. The number of nitriles is 1. The van der Waals surface area contributed by atoms with Crippen molar-refractivity contribution >= 4 is 68.9 Å². The Morgan fingerprint density at radius 3 is 2.10 bits per heavy atom. The summed E-state index contributed by atoms with van der Waals surface area (Å²) in [4.78, 5) is 4.65. The van der Waals surface area contributed by atoms with E-state index in [1.54, 1.807) is 6.21 Å². The number of hydrogen-bond donors (Lipinski definition) is 0. The van der Waals surface area contributed by atoms with Gasteiger partial charge in [-0.3, -0.25) is 0 Å². The van der Waals surface area contributed by atoms with Crippen LogP contribution in [0.15, 0.2) is 94.3 Å². The minimum atomic E-state index is 0.276. The summed E-state index contributed by atoms with van der Waals surface area (Å²) in [6.45, 7) is 4.45. The van der Waals surface area contributed by atoms with Crippen LogP contribution in [-0.2, 0) is 6.61 Å². The number of benzene rings is 4. The van der Waals surface area contributed by atoms with Gasteiger partial charge in [0.25, 0.3) is 0 Å². The Morgan fingerprint density at radius 1 is 0.900 bits per heavy atom. The van der Waals surface area contributed by atoms with Gasteiger partial charge in [-0.05, 0) is 88.4 Å². The van der Waals surface area contributed by atoms with Gasteiger partial charge >= 0.3 is 0 Å². The van der Waals surface area contributed by atoms with Crippen LogP contribution in [0.25, 0.3) is 22.5 Å². The highest BCUT2D eigenvalue weighted by Gasteiger charge is 2.23. The van der Waals surface area contributed by atoms with E-state index in [1.165, 1.54) is 0 Å². The molecule has 0 saturated heterocycles. The Balaban J connectivity index is 1.50. The van der Waals surface area contributed by atoms with E-state index in [2.05, 4.69) is 56.2 Å². The maximum absolute atomic E-state index is 10.2. The highest BCUT2D eigenvalue weighted by Crippen LogP contribution is 2.42. The van der Waals surface area contributed by atoms with Crippen LogP contribution in [0.2, 0.25) is 5.02 Å². The minimum absolute atomic E-state index is 0.276. The van der Waals surface area contributed by atoms with Crippen molar-refractivity contribution in [2.45, 2.75) is 20.5 Å². The number of halogens is 3. The first-order valence-electron chi connectivity index (χ1n) is 12.4. The number of aryl methyl sites for hydroxylation is 2. The molecule has 5 aromatic rings. The summed E-state index contributed by atoms with van der Waals surface area (Å²) in [5.74, 6) is 1.69. The van der Waals surface area contributed by atoms with Gasteiger partial charge in [-0.25, -0.2) is 4.99 Å². The summed E-state index contributed by atoms with van der Waals surface area (Å²) in [5, 5.41) is 10.9. The highest BCUT2D eigenvalue weighted by molar-refractivity contribution is 14.1. The monoisotopic (exact) mass is 768 g/mol. The Labute approximate surface area is 266 Å². The standard InChI is InChI=1S/C33H23ClI2N2O2/c1-20-7-11-23(12-8-20)30-26(17-37)33(40-31(30)24-13-9-21(2)10-14-24)38-18-22-15-28(35)32(29(36)16-22)39-19-25-5-3-4-6-27(25)34/h3-16,18H,19H2,1-2H3. The van der Waals surface area contributed by atoms with Gasteiger partial charge in [0.05, 0.1) is 7.14 Å². The van der Waals surface area contributed by atoms with Gasteiger partial charge in [-0.1, -0.05) is 89.5 Å². The molecule has 0 N–H and O–H groups in total. The molecule has 0 unspecified atom stereocenters. The molecule has 1 heterocycles. The van der Waals surface area contributed by atoms with Crippen LogP contribution < -0.4 is 4.74 Å². The maximum atomic E-state index is 10.2. The number of ether oxygens (including phenoxy) is 1. The van der Waals surface area contributed by atoms with Crippen LogP contribution in [0.1, 0.15) is 27.8 Å². The molecule has 0 atom stereocenters. The number of aliphatic imine (C=N–C) groups is 1. The lowest BCUT2D eigenvalue weighted by Crippen LogP contribution is -2.00. The van der Waals surface area contributed by atoms with E-state index in [1.807, 2.05) is 98.8 Å². The molecule has 1 aromatic heterocycles. The van der Waals surface area contributed by atoms with Crippen molar-refractivity contribution in [1.82, 2.24) is 0 Å². The predicted molar refractivity (Wildman–Crippen MR) is 179 cm³/mol. The Morgan fingerprint density at radius 2 is 1.50 bits per heavy atom. The van der Waals surface area contributed by atoms with Gasteiger partial charge in [-0.2, -0.15) is 5.26 Å². The summed E-state index contributed by atoms with van der Waals surface area (Å²) in [7, 11) is 0. The summed E-state index contributed by atoms with van der Waals surface area (Å²) >= 11 is 10.8. The number of hydrogen-bond acceptors (Lipinski definition) is 4. The van der Waals surface area contributed by atoms with Crippen molar-refractivity contribution in [3.8, 4) is 34.3 Å². The van der Waals surface area contributed by atoms with E-state index in [0.717, 1.165) is 51.8 Å². The zero-order chi connectivity index (χ0) is 28.2. The first kappa shape index (κ1) is 28.4. The molecule has 4 nitrogen and oxygen atoms in total. The van der Waals surface area contributed by atoms with Gasteiger partial charge < -0.3 is 9.15 Å². The largest absolute Gasteiger partial charge is 0.487 e. The molecule has 0 radical (unpaired) electrons. The highest BCUT2D eigenvalue weighted by atomic mass is 127. The molecule has 0 spiro atoms. The van der Waals surface area contributed by atoms with E-state index >= 15 is 0 Å². The van der Waals surface area contributed by atoms with E-state index < -0.39 is 0 Å². The molecule has 0 aliphatic rings. The van der Waals surface area contributed by atoms with Crippen LogP contribution in [0.5, 0.6) is 5.75 Å². The van der Waals surface area contributed by atoms with Crippen LogP contribution >= 0.6 is 56.8 Å². The van der Waals surface area contributed by atoms with Crippen molar-refractivity contribution in [3.05, 3.63) is 125 Å². The van der Waals surface area contributed by atoms with Crippen molar-refractivity contribution in [2.75, 3.05) is 0 Å². The third-order valence-electron chi connectivity index (χ3n) is 6.34. The Kier molecular flexibility index (Phi) is 8.94. The van der Waals surface area contributed by atoms with Gasteiger partial charge in [0, 0.05) is 27.9 Å². The Hall–Kier alpha value is -3.13. The average molecular weight is 769 g/mol. The summed E-state index contributed by atoms with van der Waals surface area (Å²) in [6.07, 6.45) is 1.72. The molecular weight excluding hydrogens is 746 g/mol. The second-order valence-corrected chi connectivity index (χ2v) is 12.0. The molecule has 40 heavy (non-hydrogen) atoms. The van der Waals surface area contributed by atoms with E-state index in [9.17, 15) is 5.26 Å². The average Bonchev–Trinajstić information content (AvgIpc) is 3.31. The zero-order valence-electron chi connectivity index (χ0n) is 21.7. The maximum Gasteiger partial charge on any atom is 0.238 e. The van der Waals surface area contributed by atoms with Gasteiger partial charge in [0.2, 0.25) is 5.88 Å². The third-order valence-corrected chi connectivity index (χ3v) is 8.31. The van der Waals surface area contributed by atoms with Crippen LogP contribution in [-0.4, -0.2) is 6.21 Å². The first-order valence-corrected chi connectivity index (χ1v) is 15.0. The number of nitrogens with zero attached hydrogens (tertiary/aromatic N) is 2. The number of furan rings is 1. The lowest BCUT2D eigenvalue weighted by atomic mass is 9.97. The summed E-state index contributed by atoms with van der Waals surface area (Å²) < 4.78 is 14.3. The second kappa shape index (κ2) is 12.6. The third kappa shape index (κ3) is 6.27. The molecule has 0 amide bonds. The zero-order valence-corrected chi connectivity index (χ0v) is 26.8. The second-order valence-electron chi connectivity index (χ2n) is 9.28. The lowest BCUT2D eigenvalue weighted by molar-refractivity contribution is 0.302. The summed E-state index contributed by atoms with van der Waals surface area (Å²) in [6, 6.07) is 30.1. The van der Waals surface area contributed by atoms with Gasteiger partial charge in [-0.15, -0.1) is 0 Å². The SMILES string of the molecule is Cc1ccc(-c2oc(N=Cc3cc(I)c(OCc4ccccc4Cl)c(I)c3)c(C#N)c2-c2ccc(C)cc2)cc1. The molecule has 198 valence electrons. The van der Waals surface area contributed by atoms with Crippen molar-refractivity contribution in [3.63, 3.8) is 0 Å². The van der Waals surface area contributed by atoms with Crippen molar-refractivity contribution in [1.29, 1.82) is 5.26 Å². The molecule has 0 aliphatic carbocycles. The van der Waals surface area contributed by atoms with E-state index in [4.69, 9.17) is 20.8 Å². The molecule has 5 rings (SSSR count). The van der Waals surface area contributed by atoms with E-state index in [0.29, 0.717) is 23.0 Å². The molecule has 4 aromatic carbocycles. The predicted octanol–water partition coefficient (Wildman–Crippen LogP) is 10.3. The molecule has 0 bridgehead atoms. The van der Waals surface area contributed by atoms with E-state index in [-0.39, 0.29) is 5.88 Å². The molecule has 0 aliphatic heterocycles. The minimum Gasteiger partial charge on any atom is -0.487 e. The van der Waals surface area contributed by atoms with Crippen LogP contribution in [0, 0.1) is 32.3 Å². The summed E-state index contributed by atoms with van der Waals surface area (Å²) in [5.41, 5.74) is 7.03. The quantitative estimate of drug-likeness (QED) is 0.122. The normalized spacial score (nSPS) is 11.1. The fourth-order valence-electron chi connectivity index (χ4n) is 4.21. The first-order chi connectivity index (χ1) is 19.3. The van der Waals surface area contributed by atoms with Crippen LogP contribution in [0.4, 0.5) is 5.88 Å². The van der Waals surface area contributed by atoms with Gasteiger partial charge in [0.15, 0.2) is 0 Å². The smallest absolute Gasteiger partial charge is 0.238 e. The fraction of sp³-hybridized carbons (Fsp3) is 0.0909. The number of rotatable bonds is 7. The molecular formula is C33H23ClI2N2O2. The lowest BCUT2D eigenvalue weighted by Gasteiger charge is -2.12. The van der Waals surface area contributed by atoms with Crippen molar-refractivity contribution < 1.29 is 9.15 Å². The topological polar surface area (TPSA) is 58.5 Å². The van der Waals surface area contributed by atoms with Crippen molar-refractivity contribution in [2.24, 2.45) is 4.99 Å². The Bertz CT molecular complexity index is 1730.